The van der Waals surface area contributed by atoms with E-state index in [0.29, 0.717) is 25.4 Å². The molecular weight excluding hydrogens is 322 g/mol. The topological polar surface area (TPSA) is 65.1 Å². The molecule has 6 heteroatoms. The predicted molar refractivity (Wildman–Crippen MR) is 96.1 cm³/mol. The molecule has 138 valence electrons. The van der Waals surface area contributed by atoms with Gasteiger partial charge in [0.05, 0.1) is 13.0 Å². The Morgan fingerprint density at radius 1 is 1.12 bits per heavy atom. The molecule has 1 aromatic rings. The molecule has 0 heterocycles. The average molecular weight is 349 g/mol. The van der Waals surface area contributed by atoms with E-state index in [9.17, 15) is 9.59 Å². The number of benzene rings is 1. The number of hydrogen-bond donors (Lipinski definition) is 0. The number of rotatable bonds is 11. The number of carbonyl (C=O) groups excluding carboxylic acids is 2. The maximum absolute atomic E-state index is 12.3. The number of ether oxygens (including phenoxy) is 3. The summed E-state index contributed by atoms with van der Waals surface area (Å²) < 4.78 is 15.1. The molecular formula is C19H27NO5. The molecule has 0 bridgehead atoms. The van der Waals surface area contributed by atoms with Gasteiger partial charge in [0.1, 0.15) is 5.75 Å². The average Bonchev–Trinajstić information content (AvgIpc) is 2.62. The molecule has 0 atom stereocenters. The third-order valence-corrected chi connectivity index (χ3v) is 3.34. The number of methoxy groups -OCH3 is 1. The van der Waals surface area contributed by atoms with E-state index in [1.165, 1.54) is 6.08 Å². The first-order chi connectivity index (χ1) is 12.1. The van der Waals surface area contributed by atoms with Gasteiger partial charge in [-0.3, -0.25) is 9.59 Å². The van der Waals surface area contributed by atoms with Crippen LogP contribution in [0.25, 0.3) is 6.08 Å². The predicted octanol–water partition coefficient (Wildman–Crippen LogP) is 2.87. The number of hydrogen-bond acceptors (Lipinski definition) is 5. The van der Waals surface area contributed by atoms with Gasteiger partial charge >= 0.3 is 5.97 Å². The van der Waals surface area contributed by atoms with Crippen LogP contribution in [0.15, 0.2) is 30.3 Å². The normalized spacial score (nSPS) is 10.7. The molecule has 0 spiro atoms. The van der Waals surface area contributed by atoms with Crippen molar-refractivity contribution in [3.8, 4) is 5.75 Å². The van der Waals surface area contributed by atoms with Crippen LogP contribution >= 0.6 is 0 Å². The quantitative estimate of drug-likeness (QED) is 0.349. The summed E-state index contributed by atoms with van der Waals surface area (Å²) in [5.74, 6) is 0.297. The van der Waals surface area contributed by atoms with Gasteiger partial charge in [0.25, 0.3) is 0 Å². The summed E-state index contributed by atoms with van der Waals surface area (Å²) in [6.07, 6.45) is 4.30. The van der Waals surface area contributed by atoms with Crippen LogP contribution in [-0.4, -0.2) is 50.4 Å². The molecule has 6 nitrogen and oxygen atoms in total. The highest BCUT2D eigenvalue weighted by molar-refractivity contribution is 5.92. The third kappa shape index (κ3) is 8.35. The molecule has 0 saturated carbocycles. The third-order valence-electron chi connectivity index (χ3n) is 3.34. The standard InChI is InChI=1S/C19H27NO5/c1-4-13-20(14-12-19(22)24-5-2)18(21)11-8-16-6-9-17(10-7-16)25-15-23-3/h6-11H,4-5,12-15H2,1-3H3/b11-8+. The summed E-state index contributed by atoms with van der Waals surface area (Å²) >= 11 is 0. The fraction of sp³-hybridized carbons (Fsp3) is 0.474. The smallest absolute Gasteiger partial charge is 0.307 e. The molecule has 0 aromatic heterocycles. The first-order valence-corrected chi connectivity index (χ1v) is 8.45. The van der Waals surface area contributed by atoms with Crippen LogP contribution in [0.4, 0.5) is 0 Å². The molecule has 1 aromatic carbocycles. The van der Waals surface area contributed by atoms with Gasteiger partial charge in [0.2, 0.25) is 5.91 Å². The summed E-state index contributed by atoms with van der Waals surface area (Å²) in [4.78, 5) is 25.4. The molecule has 0 fully saturated rings. The number of amides is 1. The second kappa shape index (κ2) is 12.1. The Bertz CT molecular complexity index is 553. The molecule has 0 unspecified atom stereocenters. The molecule has 0 saturated heterocycles. The van der Waals surface area contributed by atoms with Crippen LogP contribution in [-0.2, 0) is 19.1 Å². The second-order valence-electron chi connectivity index (χ2n) is 5.33. The van der Waals surface area contributed by atoms with Crippen LogP contribution in [0.3, 0.4) is 0 Å². The zero-order chi connectivity index (χ0) is 18.5. The van der Waals surface area contributed by atoms with Crippen molar-refractivity contribution >= 4 is 18.0 Å². The largest absolute Gasteiger partial charge is 0.468 e. The number of carbonyl (C=O) groups is 2. The maximum Gasteiger partial charge on any atom is 0.307 e. The molecule has 0 radical (unpaired) electrons. The Morgan fingerprint density at radius 3 is 2.44 bits per heavy atom. The minimum Gasteiger partial charge on any atom is -0.468 e. The Hall–Kier alpha value is -2.34. The Morgan fingerprint density at radius 2 is 1.84 bits per heavy atom. The SMILES string of the molecule is CCCN(CCC(=O)OCC)C(=O)/C=C/c1ccc(OCOC)cc1. The van der Waals surface area contributed by atoms with Gasteiger partial charge in [0.15, 0.2) is 6.79 Å². The lowest BCUT2D eigenvalue weighted by Crippen LogP contribution is -2.32. The fourth-order valence-corrected chi connectivity index (χ4v) is 2.14. The molecule has 0 N–H and O–H groups in total. The number of nitrogens with zero attached hydrogens (tertiary/aromatic N) is 1. The highest BCUT2D eigenvalue weighted by Crippen LogP contribution is 2.13. The summed E-state index contributed by atoms with van der Waals surface area (Å²) in [5, 5.41) is 0. The van der Waals surface area contributed by atoms with Crippen LogP contribution < -0.4 is 4.74 Å². The Kier molecular flexibility index (Phi) is 10.0. The van der Waals surface area contributed by atoms with Crippen molar-refractivity contribution in [3.05, 3.63) is 35.9 Å². The molecule has 1 rings (SSSR count). The van der Waals surface area contributed by atoms with E-state index in [1.54, 1.807) is 25.0 Å². The van der Waals surface area contributed by atoms with E-state index >= 15 is 0 Å². The van der Waals surface area contributed by atoms with Crippen molar-refractivity contribution in [2.24, 2.45) is 0 Å². The van der Waals surface area contributed by atoms with Gasteiger partial charge in [-0.1, -0.05) is 19.1 Å². The first-order valence-electron chi connectivity index (χ1n) is 8.45. The highest BCUT2D eigenvalue weighted by Gasteiger charge is 2.12. The monoisotopic (exact) mass is 349 g/mol. The fourth-order valence-electron chi connectivity index (χ4n) is 2.14. The second-order valence-corrected chi connectivity index (χ2v) is 5.33. The van der Waals surface area contributed by atoms with Crippen molar-refractivity contribution in [2.45, 2.75) is 26.7 Å². The Balaban J connectivity index is 2.59. The lowest BCUT2D eigenvalue weighted by Gasteiger charge is -2.20. The van der Waals surface area contributed by atoms with Gasteiger partial charge in [-0.25, -0.2) is 0 Å². The lowest BCUT2D eigenvalue weighted by atomic mass is 10.2. The summed E-state index contributed by atoms with van der Waals surface area (Å²) in [6, 6.07) is 7.34. The maximum atomic E-state index is 12.3. The molecule has 0 aliphatic heterocycles. The van der Waals surface area contributed by atoms with E-state index in [2.05, 4.69) is 0 Å². The van der Waals surface area contributed by atoms with Crippen molar-refractivity contribution in [1.29, 1.82) is 0 Å². The Labute approximate surface area is 149 Å². The minimum absolute atomic E-state index is 0.120. The van der Waals surface area contributed by atoms with Gasteiger partial charge in [-0.05, 0) is 37.1 Å². The summed E-state index contributed by atoms with van der Waals surface area (Å²) in [6.45, 7) is 5.27. The van der Waals surface area contributed by atoms with Gasteiger partial charge in [-0.2, -0.15) is 0 Å². The van der Waals surface area contributed by atoms with E-state index in [-0.39, 0.29) is 25.1 Å². The van der Waals surface area contributed by atoms with E-state index in [1.807, 2.05) is 31.2 Å². The molecule has 0 aliphatic carbocycles. The van der Waals surface area contributed by atoms with Crippen molar-refractivity contribution < 1.29 is 23.8 Å². The van der Waals surface area contributed by atoms with Gasteiger partial charge in [0, 0.05) is 26.3 Å². The molecule has 25 heavy (non-hydrogen) atoms. The lowest BCUT2D eigenvalue weighted by molar-refractivity contribution is -0.143. The van der Waals surface area contributed by atoms with Gasteiger partial charge < -0.3 is 19.1 Å². The van der Waals surface area contributed by atoms with Crippen molar-refractivity contribution in [2.75, 3.05) is 33.6 Å². The van der Waals surface area contributed by atoms with Crippen LogP contribution in [0, 0.1) is 0 Å². The number of esters is 1. The van der Waals surface area contributed by atoms with Gasteiger partial charge in [-0.15, -0.1) is 0 Å². The van der Waals surface area contributed by atoms with E-state index in [0.717, 1.165) is 12.0 Å². The zero-order valence-corrected chi connectivity index (χ0v) is 15.2. The van der Waals surface area contributed by atoms with Crippen LogP contribution in [0.2, 0.25) is 0 Å². The van der Waals surface area contributed by atoms with E-state index in [4.69, 9.17) is 14.2 Å². The molecule has 0 aliphatic rings. The summed E-state index contributed by atoms with van der Waals surface area (Å²) in [7, 11) is 1.56. The summed E-state index contributed by atoms with van der Waals surface area (Å²) in [5.41, 5.74) is 0.889. The molecule has 1 amide bonds. The van der Waals surface area contributed by atoms with Crippen LogP contribution in [0.1, 0.15) is 32.3 Å². The minimum atomic E-state index is -0.285. The van der Waals surface area contributed by atoms with Crippen LogP contribution in [0.5, 0.6) is 5.75 Å². The van der Waals surface area contributed by atoms with E-state index < -0.39 is 0 Å². The zero-order valence-electron chi connectivity index (χ0n) is 15.2. The first kappa shape index (κ1) is 20.7. The van der Waals surface area contributed by atoms with Crippen molar-refractivity contribution in [1.82, 2.24) is 4.90 Å². The van der Waals surface area contributed by atoms with Crippen molar-refractivity contribution in [3.63, 3.8) is 0 Å². The highest BCUT2D eigenvalue weighted by atomic mass is 16.7.